The van der Waals surface area contributed by atoms with Crippen molar-refractivity contribution in [1.82, 2.24) is 4.90 Å². The van der Waals surface area contributed by atoms with Crippen LogP contribution >= 0.6 is 0 Å². The molecular formula is C19H22BrN3O2S. The quantitative estimate of drug-likeness (QED) is 0.575. The Kier molecular flexibility index (Phi) is 5.39. The lowest BCUT2D eigenvalue weighted by molar-refractivity contribution is -0.569. The number of fused-ring (bicyclic) bond motifs is 1. The highest BCUT2D eigenvalue weighted by molar-refractivity contribution is 7.91. The Hall–Kier alpha value is -1.86. The Labute approximate surface area is 164 Å². The van der Waals surface area contributed by atoms with Gasteiger partial charge < -0.3 is 17.0 Å². The van der Waals surface area contributed by atoms with Crippen LogP contribution in [0.4, 0.5) is 0 Å². The Morgan fingerprint density at radius 2 is 1.54 bits per heavy atom. The zero-order valence-electron chi connectivity index (χ0n) is 14.3. The number of sulfone groups is 1. The van der Waals surface area contributed by atoms with Gasteiger partial charge in [0.2, 0.25) is 0 Å². The van der Waals surface area contributed by atoms with E-state index in [9.17, 15) is 8.42 Å². The smallest absolute Gasteiger partial charge is 0.347 e. The fourth-order valence-corrected chi connectivity index (χ4v) is 5.85. The molecule has 5 nitrogen and oxygen atoms in total. The minimum absolute atomic E-state index is 0. The number of halogens is 1. The van der Waals surface area contributed by atoms with E-state index in [2.05, 4.69) is 9.48 Å². The predicted octanol–water partition coefficient (Wildman–Crippen LogP) is -1.80. The molecule has 0 aromatic heterocycles. The third-order valence-electron chi connectivity index (χ3n) is 5.07. The molecule has 0 spiro atoms. The number of nitrogens with two attached hydrogens (primary N) is 1. The third-order valence-corrected chi connectivity index (χ3v) is 6.77. The molecule has 7 heteroatoms. The Balaban J connectivity index is 0.00000196. The lowest BCUT2D eigenvalue weighted by atomic mass is 10.1. The third kappa shape index (κ3) is 3.64. The summed E-state index contributed by atoms with van der Waals surface area (Å²) in [6.45, 7) is 1.27. The van der Waals surface area contributed by atoms with Crippen molar-refractivity contribution in [2.75, 3.05) is 11.5 Å². The maximum atomic E-state index is 12.2. The van der Waals surface area contributed by atoms with E-state index in [1.165, 1.54) is 0 Å². The Morgan fingerprint density at radius 1 is 0.962 bits per heavy atom. The summed E-state index contributed by atoms with van der Waals surface area (Å²) in [5, 5.41) is 0. The standard InChI is InChI=1S/C19H21N3O2S.BrH/c20-19-21(11-15-7-3-1-4-8-15)17-13-25(23,24)14-18(17)22(19)12-16-9-5-2-6-10-16;/h1-10,17-18,20H,11-14H2;1H/t17-,18-;/m0./s1. The van der Waals surface area contributed by atoms with Crippen molar-refractivity contribution in [2.45, 2.75) is 25.2 Å². The van der Waals surface area contributed by atoms with Gasteiger partial charge in [-0.05, 0) is 11.1 Å². The molecule has 2 atom stereocenters. The van der Waals surface area contributed by atoms with Crippen molar-refractivity contribution >= 4 is 15.8 Å². The zero-order valence-corrected chi connectivity index (χ0v) is 16.7. The van der Waals surface area contributed by atoms with E-state index in [0.29, 0.717) is 19.0 Å². The maximum Gasteiger partial charge on any atom is 0.347 e. The van der Waals surface area contributed by atoms with Gasteiger partial charge in [-0.3, -0.25) is 15.2 Å². The molecule has 1 fully saturated rings. The molecular weight excluding hydrogens is 414 g/mol. The summed E-state index contributed by atoms with van der Waals surface area (Å²) in [5.74, 6) is 1.03. The van der Waals surface area contributed by atoms with Crippen LogP contribution in [0.3, 0.4) is 0 Å². The highest BCUT2D eigenvalue weighted by Crippen LogP contribution is 2.28. The highest BCUT2D eigenvalue weighted by atomic mass is 79.9. The predicted molar refractivity (Wildman–Crippen MR) is 97.8 cm³/mol. The van der Waals surface area contributed by atoms with Crippen LogP contribution in [0, 0.1) is 0 Å². The molecule has 4 rings (SSSR count). The first-order valence-corrected chi connectivity index (χ1v) is 10.3. The van der Waals surface area contributed by atoms with Gasteiger partial charge in [0.1, 0.15) is 12.1 Å². The fourth-order valence-electron chi connectivity index (χ4n) is 3.87. The van der Waals surface area contributed by atoms with Gasteiger partial charge in [-0.1, -0.05) is 60.7 Å². The van der Waals surface area contributed by atoms with Gasteiger partial charge in [0, 0.05) is 0 Å². The molecule has 2 heterocycles. The van der Waals surface area contributed by atoms with Crippen LogP contribution in [-0.4, -0.2) is 47.4 Å². The van der Waals surface area contributed by atoms with E-state index in [4.69, 9.17) is 5.73 Å². The lowest BCUT2D eigenvalue weighted by Gasteiger charge is -2.18. The molecule has 0 saturated carbocycles. The fraction of sp³-hybridized carbons (Fsp3) is 0.316. The first kappa shape index (κ1) is 18.9. The van der Waals surface area contributed by atoms with E-state index < -0.39 is 9.84 Å². The summed E-state index contributed by atoms with van der Waals surface area (Å²) in [7, 11) is -3.03. The molecule has 1 saturated heterocycles. The zero-order chi connectivity index (χ0) is 17.4. The molecule has 2 N–H and O–H groups in total. The second kappa shape index (κ2) is 7.40. The van der Waals surface area contributed by atoms with Gasteiger partial charge in [0.25, 0.3) is 0 Å². The van der Waals surface area contributed by atoms with Crippen LogP contribution in [-0.2, 0) is 22.9 Å². The van der Waals surface area contributed by atoms with Crippen LogP contribution in [0.1, 0.15) is 11.1 Å². The van der Waals surface area contributed by atoms with Gasteiger partial charge >= 0.3 is 5.96 Å². The average molecular weight is 436 g/mol. The first-order chi connectivity index (χ1) is 12.0. The first-order valence-electron chi connectivity index (χ1n) is 8.47. The van der Waals surface area contributed by atoms with Crippen molar-refractivity contribution in [1.29, 1.82) is 0 Å². The molecule has 0 radical (unpaired) electrons. The summed E-state index contributed by atoms with van der Waals surface area (Å²) in [6, 6.07) is 20.0. The average Bonchev–Trinajstić information content (AvgIpc) is 3.03. The van der Waals surface area contributed by atoms with Gasteiger partial charge in [0.15, 0.2) is 9.84 Å². The van der Waals surface area contributed by atoms with Crippen LogP contribution in [0.15, 0.2) is 60.7 Å². The van der Waals surface area contributed by atoms with Crippen LogP contribution in [0.25, 0.3) is 0 Å². The minimum Gasteiger partial charge on any atom is -1.00 e. The molecule has 26 heavy (non-hydrogen) atoms. The largest absolute Gasteiger partial charge is 1.00 e. The molecule has 0 aliphatic carbocycles. The number of guanidine groups is 1. The minimum atomic E-state index is -3.03. The summed E-state index contributed by atoms with van der Waals surface area (Å²) >= 11 is 0. The Bertz CT molecular complexity index is 901. The van der Waals surface area contributed by atoms with Gasteiger partial charge in [0.05, 0.1) is 24.6 Å². The van der Waals surface area contributed by atoms with E-state index in [0.717, 1.165) is 11.1 Å². The number of hydrogen-bond donors (Lipinski definition) is 1. The van der Waals surface area contributed by atoms with Gasteiger partial charge in [-0.25, -0.2) is 8.42 Å². The molecule has 0 bridgehead atoms. The van der Waals surface area contributed by atoms with Crippen LogP contribution < -0.4 is 22.7 Å². The summed E-state index contributed by atoms with van der Waals surface area (Å²) < 4.78 is 26.5. The molecule has 0 unspecified atom stereocenters. The maximum absolute atomic E-state index is 12.2. The van der Waals surface area contributed by atoms with E-state index in [-0.39, 0.29) is 40.6 Å². The van der Waals surface area contributed by atoms with E-state index >= 15 is 0 Å². The summed E-state index contributed by atoms with van der Waals surface area (Å²) in [6.07, 6.45) is 0. The number of hydrogen-bond acceptors (Lipinski definition) is 4. The summed E-state index contributed by atoms with van der Waals surface area (Å²) in [5.41, 5.74) is 8.74. The van der Waals surface area contributed by atoms with Crippen molar-refractivity contribution in [3.05, 3.63) is 71.8 Å². The normalized spacial score (nSPS) is 23.6. The molecule has 2 aromatic rings. The van der Waals surface area contributed by atoms with Crippen LogP contribution in [0.5, 0.6) is 0 Å². The highest BCUT2D eigenvalue weighted by Gasteiger charge is 2.53. The second-order valence-corrected chi connectivity index (χ2v) is 8.95. The van der Waals surface area contributed by atoms with Crippen molar-refractivity contribution in [3.8, 4) is 0 Å². The topological polar surface area (TPSA) is 66.4 Å². The summed E-state index contributed by atoms with van der Waals surface area (Å²) in [4.78, 5) is 2.06. The lowest BCUT2D eigenvalue weighted by Crippen LogP contribution is -3.00. The van der Waals surface area contributed by atoms with Crippen molar-refractivity contribution < 1.29 is 30.0 Å². The number of rotatable bonds is 4. The second-order valence-electron chi connectivity index (χ2n) is 6.80. The van der Waals surface area contributed by atoms with Gasteiger partial charge in [-0.2, -0.15) is 0 Å². The van der Waals surface area contributed by atoms with Crippen LogP contribution in [0.2, 0.25) is 0 Å². The molecule has 2 aliphatic rings. The molecule has 0 amide bonds. The van der Waals surface area contributed by atoms with E-state index in [1.54, 1.807) is 0 Å². The number of nitrogens with zero attached hydrogens (tertiary/aromatic N) is 2. The monoisotopic (exact) mass is 435 g/mol. The molecule has 138 valence electrons. The Morgan fingerprint density at radius 3 is 2.15 bits per heavy atom. The van der Waals surface area contributed by atoms with Crippen molar-refractivity contribution in [3.63, 3.8) is 0 Å². The SMILES string of the molecule is NC1=[N+](Cc2ccccc2)[C@H]2CS(=O)(=O)C[C@@H]2N1Cc1ccccc1.[Br-]. The van der Waals surface area contributed by atoms with E-state index in [1.807, 2.05) is 60.7 Å². The van der Waals surface area contributed by atoms with Gasteiger partial charge in [-0.15, -0.1) is 0 Å². The molecule has 2 aromatic carbocycles. The number of benzene rings is 2. The molecule has 2 aliphatic heterocycles. The van der Waals surface area contributed by atoms with Crippen molar-refractivity contribution in [2.24, 2.45) is 5.73 Å².